The first-order chi connectivity index (χ1) is 8.47. The molecule has 1 aromatic rings. The molecule has 0 bridgehead atoms. The van der Waals surface area contributed by atoms with Gasteiger partial charge in [-0.1, -0.05) is 6.92 Å². The summed E-state index contributed by atoms with van der Waals surface area (Å²) >= 11 is 0. The smallest absolute Gasteiger partial charge is 0.305 e. The maximum atomic E-state index is 12.0. The van der Waals surface area contributed by atoms with Gasteiger partial charge in [0.25, 0.3) is 5.91 Å². The lowest BCUT2D eigenvalue weighted by Crippen LogP contribution is -2.35. The monoisotopic (exact) mass is 253 g/mol. The maximum absolute atomic E-state index is 12.0. The number of carboxylic acid groups (broad SMARTS) is 1. The van der Waals surface area contributed by atoms with Crippen molar-refractivity contribution in [3.05, 3.63) is 17.5 Å². The van der Waals surface area contributed by atoms with E-state index in [-0.39, 0.29) is 12.3 Å². The number of rotatable bonds is 6. The summed E-state index contributed by atoms with van der Waals surface area (Å²) in [4.78, 5) is 22.5. The lowest BCUT2D eigenvalue weighted by molar-refractivity contribution is -0.137. The number of carbonyl (C=O) groups excluding carboxylic acids is 1. The van der Waals surface area contributed by atoms with Crippen molar-refractivity contribution in [2.24, 2.45) is 0 Å². The lowest BCUT2D eigenvalue weighted by atomic mass is 10.2. The topological polar surface area (TPSA) is 84.2 Å². The van der Waals surface area contributed by atoms with Crippen molar-refractivity contribution in [1.29, 1.82) is 0 Å². The first-order valence-electron chi connectivity index (χ1n) is 6.07. The number of amides is 1. The fourth-order valence-corrected chi connectivity index (χ4v) is 1.68. The van der Waals surface area contributed by atoms with Crippen LogP contribution in [-0.4, -0.2) is 32.8 Å². The fourth-order valence-electron chi connectivity index (χ4n) is 1.68. The molecule has 1 rings (SSSR count). The van der Waals surface area contributed by atoms with Crippen LogP contribution in [-0.2, 0) is 17.8 Å². The van der Waals surface area contributed by atoms with E-state index in [4.69, 9.17) is 5.11 Å². The normalized spacial score (nSPS) is 12.2. The van der Waals surface area contributed by atoms with E-state index in [2.05, 4.69) is 10.4 Å². The fraction of sp³-hybridized carbons (Fsp3) is 0.583. The van der Waals surface area contributed by atoms with Gasteiger partial charge in [0.15, 0.2) is 0 Å². The molecule has 6 heteroatoms. The van der Waals surface area contributed by atoms with Gasteiger partial charge in [-0.25, -0.2) is 0 Å². The Hall–Kier alpha value is -1.85. The van der Waals surface area contributed by atoms with Gasteiger partial charge in [-0.3, -0.25) is 14.3 Å². The molecule has 0 spiro atoms. The van der Waals surface area contributed by atoms with Gasteiger partial charge in [-0.2, -0.15) is 5.10 Å². The minimum absolute atomic E-state index is 0.0906. The van der Waals surface area contributed by atoms with Gasteiger partial charge in [-0.05, 0) is 26.3 Å². The molecule has 100 valence electrons. The summed E-state index contributed by atoms with van der Waals surface area (Å²) in [6.07, 6.45) is 0.671. The van der Waals surface area contributed by atoms with Crippen LogP contribution in [0.5, 0.6) is 0 Å². The number of aliphatic carboxylic acids is 1. The molecule has 1 atom stereocenters. The molecule has 1 heterocycles. The van der Waals surface area contributed by atoms with Crippen molar-refractivity contribution in [2.45, 2.75) is 46.2 Å². The first-order valence-corrected chi connectivity index (χ1v) is 6.07. The Labute approximate surface area is 106 Å². The van der Waals surface area contributed by atoms with Gasteiger partial charge in [-0.15, -0.1) is 0 Å². The Morgan fingerprint density at radius 2 is 2.17 bits per heavy atom. The molecular formula is C12H19N3O3. The van der Waals surface area contributed by atoms with Crippen LogP contribution in [0.1, 0.15) is 43.4 Å². The molecular weight excluding hydrogens is 234 g/mol. The quantitative estimate of drug-likeness (QED) is 0.794. The second-order valence-electron chi connectivity index (χ2n) is 4.16. The van der Waals surface area contributed by atoms with E-state index >= 15 is 0 Å². The van der Waals surface area contributed by atoms with Crippen LogP contribution in [0.3, 0.4) is 0 Å². The minimum atomic E-state index is -0.930. The summed E-state index contributed by atoms with van der Waals surface area (Å²) in [5.74, 6) is -1.21. The zero-order chi connectivity index (χ0) is 13.7. The van der Waals surface area contributed by atoms with Crippen LogP contribution >= 0.6 is 0 Å². The molecule has 0 aliphatic heterocycles. The van der Waals surface area contributed by atoms with Gasteiger partial charge in [0, 0.05) is 12.6 Å². The Balaban J connectivity index is 2.77. The number of nitrogens with one attached hydrogen (secondary N) is 1. The zero-order valence-electron chi connectivity index (χ0n) is 10.9. The highest BCUT2D eigenvalue weighted by molar-refractivity contribution is 5.93. The summed E-state index contributed by atoms with van der Waals surface area (Å²) in [7, 11) is 0. The molecule has 1 unspecified atom stereocenters. The summed E-state index contributed by atoms with van der Waals surface area (Å²) in [6.45, 7) is 6.15. The molecule has 0 aliphatic rings. The van der Waals surface area contributed by atoms with Gasteiger partial charge in [0.1, 0.15) is 5.69 Å². The highest BCUT2D eigenvalue weighted by Crippen LogP contribution is 2.06. The average Bonchev–Trinajstić information content (AvgIpc) is 2.70. The zero-order valence-corrected chi connectivity index (χ0v) is 10.9. The van der Waals surface area contributed by atoms with Crippen molar-refractivity contribution < 1.29 is 14.7 Å². The van der Waals surface area contributed by atoms with Crippen LogP contribution in [0.2, 0.25) is 0 Å². The van der Waals surface area contributed by atoms with E-state index in [1.165, 1.54) is 0 Å². The first kappa shape index (κ1) is 14.2. The Bertz CT molecular complexity index is 440. The number of nitrogens with zero attached hydrogens (tertiary/aromatic N) is 2. The van der Waals surface area contributed by atoms with E-state index in [0.29, 0.717) is 12.2 Å². The molecule has 0 saturated heterocycles. The van der Waals surface area contributed by atoms with Crippen LogP contribution in [0.15, 0.2) is 6.07 Å². The van der Waals surface area contributed by atoms with Crippen LogP contribution in [0.25, 0.3) is 0 Å². The molecule has 2 N–H and O–H groups in total. The summed E-state index contributed by atoms with van der Waals surface area (Å²) in [5, 5.41) is 15.6. The van der Waals surface area contributed by atoms with Crippen molar-refractivity contribution >= 4 is 11.9 Å². The van der Waals surface area contributed by atoms with Crippen molar-refractivity contribution in [1.82, 2.24) is 15.1 Å². The van der Waals surface area contributed by atoms with E-state index in [1.54, 1.807) is 17.7 Å². The number of hydrogen-bond acceptors (Lipinski definition) is 3. The van der Waals surface area contributed by atoms with E-state index in [0.717, 1.165) is 12.1 Å². The molecule has 0 aliphatic carbocycles. The van der Waals surface area contributed by atoms with E-state index < -0.39 is 12.0 Å². The number of aryl methyl sites for hydroxylation is 2. The van der Waals surface area contributed by atoms with Crippen LogP contribution < -0.4 is 5.32 Å². The molecule has 18 heavy (non-hydrogen) atoms. The standard InChI is InChI=1S/C12H19N3O3/c1-4-9-7-10(15(5-2)14-9)12(18)13-8(3)6-11(16)17/h7-8H,4-6H2,1-3H3,(H,13,18)(H,16,17). The highest BCUT2D eigenvalue weighted by atomic mass is 16.4. The predicted octanol–water partition coefficient (Wildman–Crippen LogP) is 1.06. The molecule has 1 amide bonds. The number of hydrogen-bond donors (Lipinski definition) is 2. The van der Waals surface area contributed by atoms with Crippen LogP contribution in [0.4, 0.5) is 0 Å². The summed E-state index contributed by atoms with van der Waals surface area (Å²) in [6, 6.07) is 1.34. The van der Waals surface area contributed by atoms with Gasteiger partial charge >= 0.3 is 5.97 Å². The molecule has 6 nitrogen and oxygen atoms in total. The third-order valence-electron chi connectivity index (χ3n) is 2.58. The maximum Gasteiger partial charge on any atom is 0.305 e. The highest BCUT2D eigenvalue weighted by Gasteiger charge is 2.17. The van der Waals surface area contributed by atoms with E-state index in [1.807, 2.05) is 13.8 Å². The SMILES string of the molecule is CCc1cc(C(=O)NC(C)CC(=O)O)n(CC)n1. The third-order valence-corrected chi connectivity index (χ3v) is 2.58. The van der Waals surface area contributed by atoms with E-state index in [9.17, 15) is 9.59 Å². The summed E-state index contributed by atoms with van der Waals surface area (Å²) < 4.78 is 1.63. The van der Waals surface area contributed by atoms with Gasteiger partial charge in [0.05, 0.1) is 12.1 Å². The largest absolute Gasteiger partial charge is 0.481 e. The van der Waals surface area contributed by atoms with Gasteiger partial charge < -0.3 is 10.4 Å². The van der Waals surface area contributed by atoms with Gasteiger partial charge in [0.2, 0.25) is 0 Å². The number of carboxylic acids is 1. The van der Waals surface area contributed by atoms with Crippen molar-refractivity contribution in [3.8, 4) is 0 Å². The second kappa shape index (κ2) is 6.18. The Kier molecular flexibility index (Phi) is 4.88. The molecule has 0 radical (unpaired) electrons. The molecule has 1 aromatic heterocycles. The second-order valence-corrected chi connectivity index (χ2v) is 4.16. The van der Waals surface area contributed by atoms with Crippen LogP contribution in [0, 0.1) is 0 Å². The molecule has 0 aromatic carbocycles. The molecule has 0 fully saturated rings. The Morgan fingerprint density at radius 3 is 2.67 bits per heavy atom. The van der Waals surface area contributed by atoms with Crippen molar-refractivity contribution in [3.63, 3.8) is 0 Å². The predicted molar refractivity (Wildman–Crippen MR) is 66.5 cm³/mol. The number of carbonyl (C=O) groups is 2. The third kappa shape index (κ3) is 3.58. The Morgan fingerprint density at radius 1 is 1.50 bits per heavy atom. The van der Waals surface area contributed by atoms with Crippen molar-refractivity contribution in [2.75, 3.05) is 0 Å². The molecule has 0 saturated carbocycles. The average molecular weight is 253 g/mol. The lowest BCUT2D eigenvalue weighted by Gasteiger charge is -2.11. The number of aromatic nitrogens is 2. The minimum Gasteiger partial charge on any atom is -0.481 e. The summed E-state index contributed by atoms with van der Waals surface area (Å²) in [5.41, 5.74) is 1.33.